The quantitative estimate of drug-likeness (QED) is 0.474. The fourth-order valence-corrected chi connectivity index (χ4v) is 0.483. The standard InChI is InChI=1S/C10H13N/c1-6-10(11-5)7-9(4)8(2)3/h1,7,11H,2,4H2,3,5H3/b10-7-. The third kappa shape index (κ3) is 3.32. The Bertz CT molecular complexity index is 238. The van der Waals surface area contributed by atoms with E-state index in [1.165, 1.54) is 0 Å². The summed E-state index contributed by atoms with van der Waals surface area (Å²) in [4.78, 5) is 0. The maximum atomic E-state index is 5.18. The smallest absolute Gasteiger partial charge is 0.0853 e. The molecule has 0 bridgehead atoms. The first kappa shape index (κ1) is 9.58. The molecule has 0 radical (unpaired) electrons. The number of hydrogen-bond donors (Lipinski definition) is 1. The van der Waals surface area contributed by atoms with E-state index < -0.39 is 0 Å². The minimum Gasteiger partial charge on any atom is -0.381 e. The molecule has 0 aromatic carbocycles. The fraction of sp³-hybridized carbons (Fsp3) is 0.200. The monoisotopic (exact) mass is 147 g/mol. The molecular weight excluding hydrogens is 134 g/mol. The van der Waals surface area contributed by atoms with E-state index in [1.807, 2.05) is 6.92 Å². The maximum absolute atomic E-state index is 5.18. The second kappa shape index (κ2) is 4.40. The van der Waals surface area contributed by atoms with Crippen LogP contribution < -0.4 is 5.32 Å². The second-order valence-electron chi connectivity index (χ2n) is 2.26. The minimum atomic E-state index is 0.720. The summed E-state index contributed by atoms with van der Waals surface area (Å²) in [5, 5.41) is 2.86. The maximum Gasteiger partial charge on any atom is 0.0853 e. The van der Waals surface area contributed by atoms with Gasteiger partial charge in [0, 0.05) is 7.05 Å². The molecule has 0 amide bonds. The van der Waals surface area contributed by atoms with Crippen LogP contribution >= 0.6 is 0 Å². The molecule has 0 aliphatic heterocycles. The van der Waals surface area contributed by atoms with Crippen molar-refractivity contribution in [2.24, 2.45) is 0 Å². The van der Waals surface area contributed by atoms with Gasteiger partial charge in [-0.3, -0.25) is 0 Å². The van der Waals surface area contributed by atoms with Crippen LogP contribution in [0.3, 0.4) is 0 Å². The molecular formula is C10H13N. The molecule has 0 aliphatic carbocycles. The van der Waals surface area contributed by atoms with Gasteiger partial charge >= 0.3 is 0 Å². The zero-order valence-electron chi connectivity index (χ0n) is 7.07. The molecule has 0 rings (SSSR count). The van der Waals surface area contributed by atoms with Gasteiger partial charge in [0.25, 0.3) is 0 Å². The van der Waals surface area contributed by atoms with E-state index in [1.54, 1.807) is 13.1 Å². The predicted molar refractivity (Wildman–Crippen MR) is 49.9 cm³/mol. The lowest BCUT2D eigenvalue weighted by Crippen LogP contribution is -2.03. The SMILES string of the molecule is C#C/C(=C/C(=C)C(=C)C)NC. The van der Waals surface area contributed by atoms with Gasteiger partial charge in [-0.25, -0.2) is 0 Å². The highest BCUT2D eigenvalue weighted by Crippen LogP contribution is 2.06. The van der Waals surface area contributed by atoms with Crippen molar-refractivity contribution in [3.8, 4) is 12.3 Å². The molecule has 0 aliphatic rings. The molecule has 11 heavy (non-hydrogen) atoms. The summed E-state index contributed by atoms with van der Waals surface area (Å²) in [6.45, 7) is 9.41. The zero-order chi connectivity index (χ0) is 8.85. The highest BCUT2D eigenvalue weighted by molar-refractivity contribution is 5.40. The van der Waals surface area contributed by atoms with Crippen molar-refractivity contribution in [1.82, 2.24) is 5.32 Å². The van der Waals surface area contributed by atoms with Crippen LogP contribution in [-0.2, 0) is 0 Å². The Morgan fingerprint density at radius 1 is 1.55 bits per heavy atom. The van der Waals surface area contributed by atoms with Crippen LogP contribution in [0.25, 0.3) is 0 Å². The Kier molecular flexibility index (Phi) is 3.84. The lowest BCUT2D eigenvalue weighted by molar-refractivity contribution is 1.04. The van der Waals surface area contributed by atoms with E-state index in [2.05, 4.69) is 24.4 Å². The second-order valence-corrected chi connectivity index (χ2v) is 2.26. The Balaban J connectivity index is 4.43. The van der Waals surface area contributed by atoms with Crippen LogP contribution in [0.5, 0.6) is 0 Å². The van der Waals surface area contributed by atoms with Crippen LogP contribution in [0.1, 0.15) is 6.92 Å². The van der Waals surface area contributed by atoms with E-state index in [9.17, 15) is 0 Å². The number of hydrogen-bond acceptors (Lipinski definition) is 1. The van der Waals surface area contributed by atoms with Gasteiger partial charge in [0.05, 0.1) is 5.70 Å². The Morgan fingerprint density at radius 2 is 2.09 bits per heavy atom. The lowest BCUT2D eigenvalue weighted by atomic mass is 10.1. The Morgan fingerprint density at radius 3 is 2.36 bits per heavy atom. The van der Waals surface area contributed by atoms with Crippen molar-refractivity contribution in [3.63, 3.8) is 0 Å². The molecule has 1 nitrogen and oxygen atoms in total. The highest BCUT2D eigenvalue weighted by Gasteiger charge is 1.91. The molecule has 0 saturated heterocycles. The van der Waals surface area contributed by atoms with E-state index in [0.717, 1.165) is 16.8 Å². The summed E-state index contributed by atoms with van der Waals surface area (Å²) in [5.41, 5.74) is 2.50. The molecule has 58 valence electrons. The molecule has 0 atom stereocenters. The molecule has 0 aromatic rings. The van der Waals surface area contributed by atoms with Crippen molar-refractivity contribution in [2.75, 3.05) is 7.05 Å². The number of allylic oxidation sites excluding steroid dienone is 4. The molecule has 0 fully saturated rings. The van der Waals surface area contributed by atoms with Gasteiger partial charge in [0.2, 0.25) is 0 Å². The minimum absolute atomic E-state index is 0.720. The van der Waals surface area contributed by atoms with Crippen LogP contribution in [0.2, 0.25) is 0 Å². The van der Waals surface area contributed by atoms with Gasteiger partial charge in [-0.15, -0.1) is 6.42 Å². The molecule has 0 spiro atoms. The Hall–Kier alpha value is -1.42. The average Bonchev–Trinajstić information content (AvgIpc) is 1.99. The predicted octanol–water partition coefficient (Wildman–Crippen LogP) is 1.86. The lowest BCUT2D eigenvalue weighted by Gasteiger charge is -2.00. The number of terminal acetylenes is 1. The third-order valence-electron chi connectivity index (χ3n) is 1.29. The molecule has 1 N–H and O–H groups in total. The first-order chi connectivity index (χ1) is 5.11. The average molecular weight is 147 g/mol. The van der Waals surface area contributed by atoms with E-state index >= 15 is 0 Å². The van der Waals surface area contributed by atoms with Gasteiger partial charge in [-0.1, -0.05) is 24.7 Å². The van der Waals surface area contributed by atoms with E-state index in [4.69, 9.17) is 6.42 Å². The summed E-state index contributed by atoms with van der Waals surface area (Å²) >= 11 is 0. The molecule has 0 heterocycles. The largest absolute Gasteiger partial charge is 0.381 e. The zero-order valence-corrected chi connectivity index (χ0v) is 7.07. The van der Waals surface area contributed by atoms with Crippen molar-refractivity contribution < 1.29 is 0 Å². The van der Waals surface area contributed by atoms with Crippen LogP contribution in [0.15, 0.2) is 36.1 Å². The first-order valence-electron chi connectivity index (χ1n) is 3.32. The van der Waals surface area contributed by atoms with Gasteiger partial charge < -0.3 is 5.32 Å². The number of nitrogens with one attached hydrogen (secondary N) is 1. The summed E-state index contributed by atoms with van der Waals surface area (Å²) in [6.07, 6.45) is 6.97. The summed E-state index contributed by atoms with van der Waals surface area (Å²) in [5.74, 6) is 2.49. The van der Waals surface area contributed by atoms with Crippen LogP contribution in [-0.4, -0.2) is 7.05 Å². The summed E-state index contributed by atoms with van der Waals surface area (Å²) in [7, 11) is 1.78. The summed E-state index contributed by atoms with van der Waals surface area (Å²) < 4.78 is 0. The van der Waals surface area contributed by atoms with Crippen molar-refractivity contribution >= 4 is 0 Å². The topological polar surface area (TPSA) is 12.0 Å². The van der Waals surface area contributed by atoms with E-state index in [-0.39, 0.29) is 0 Å². The van der Waals surface area contributed by atoms with Crippen molar-refractivity contribution in [3.05, 3.63) is 36.1 Å². The normalized spacial score (nSPS) is 10.1. The van der Waals surface area contributed by atoms with Gasteiger partial charge in [0.15, 0.2) is 0 Å². The van der Waals surface area contributed by atoms with Crippen molar-refractivity contribution in [1.29, 1.82) is 0 Å². The summed E-state index contributed by atoms with van der Waals surface area (Å²) in [6, 6.07) is 0. The fourth-order valence-electron chi connectivity index (χ4n) is 0.483. The van der Waals surface area contributed by atoms with Gasteiger partial charge in [-0.05, 0) is 18.6 Å². The van der Waals surface area contributed by atoms with Gasteiger partial charge in [-0.2, -0.15) is 0 Å². The molecule has 1 heteroatoms. The first-order valence-corrected chi connectivity index (χ1v) is 3.32. The molecule has 0 saturated carbocycles. The molecule has 0 aromatic heterocycles. The third-order valence-corrected chi connectivity index (χ3v) is 1.29. The highest BCUT2D eigenvalue weighted by atomic mass is 14.8. The van der Waals surface area contributed by atoms with E-state index in [0.29, 0.717) is 0 Å². The molecule has 0 unspecified atom stereocenters. The van der Waals surface area contributed by atoms with Gasteiger partial charge in [0.1, 0.15) is 0 Å². The van der Waals surface area contributed by atoms with Crippen LogP contribution in [0.4, 0.5) is 0 Å². The Labute approximate surface area is 68.5 Å². The van der Waals surface area contributed by atoms with Crippen molar-refractivity contribution in [2.45, 2.75) is 6.92 Å². The number of rotatable bonds is 3. The van der Waals surface area contributed by atoms with Crippen LogP contribution in [0, 0.1) is 12.3 Å².